The van der Waals surface area contributed by atoms with Crippen LogP contribution < -0.4 is 10.1 Å². The summed E-state index contributed by atoms with van der Waals surface area (Å²) in [6, 6.07) is 5.91. The third-order valence-electron chi connectivity index (χ3n) is 6.76. The van der Waals surface area contributed by atoms with E-state index in [2.05, 4.69) is 17.2 Å². The molecule has 5 fully saturated rings. The van der Waals surface area contributed by atoms with Crippen LogP contribution in [0.1, 0.15) is 43.2 Å². The molecule has 1 amide bonds. The van der Waals surface area contributed by atoms with Crippen LogP contribution in [0.15, 0.2) is 23.1 Å². The Hall–Kier alpha value is -1.77. The molecule has 1 aliphatic heterocycles. The first-order valence-electron chi connectivity index (χ1n) is 10.0. The standard InChI is InChI=1S/C23H23NO2S2/c1-26-20-5-2-13(12-21-22(25)24-23(27)28-21)7-16(20)3-4-19-17-8-14-6-15(10-17)11-18(19)9-14/h2,5,7,12,14-15,17-19H,6,8-11H2,1H3,(H,24,25,27)/b21-12-. The number of ether oxygens (including phenoxy) is 1. The molecule has 0 aromatic heterocycles. The Morgan fingerprint density at radius 1 is 1.18 bits per heavy atom. The van der Waals surface area contributed by atoms with Crippen LogP contribution in [0.25, 0.3) is 6.08 Å². The molecule has 1 saturated heterocycles. The number of thioether (sulfide) groups is 1. The molecule has 0 atom stereocenters. The minimum atomic E-state index is -0.132. The smallest absolute Gasteiger partial charge is 0.263 e. The van der Waals surface area contributed by atoms with Gasteiger partial charge < -0.3 is 10.1 Å². The summed E-state index contributed by atoms with van der Waals surface area (Å²) in [5.74, 6) is 11.8. The summed E-state index contributed by atoms with van der Waals surface area (Å²) in [5.41, 5.74) is 1.84. The highest BCUT2D eigenvalue weighted by atomic mass is 32.2. The lowest BCUT2D eigenvalue weighted by molar-refractivity contribution is -0.115. The Kier molecular flexibility index (Phi) is 4.72. The van der Waals surface area contributed by atoms with E-state index in [1.807, 2.05) is 24.3 Å². The highest BCUT2D eigenvalue weighted by Gasteiger charge is 2.47. The Bertz CT molecular complexity index is 912. The summed E-state index contributed by atoms with van der Waals surface area (Å²) in [5, 5.41) is 2.66. The summed E-state index contributed by atoms with van der Waals surface area (Å²) in [7, 11) is 1.68. The fourth-order valence-electron chi connectivity index (χ4n) is 5.81. The number of methoxy groups -OCH3 is 1. The van der Waals surface area contributed by atoms with Crippen LogP contribution in [0.2, 0.25) is 0 Å². The van der Waals surface area contributed by atoms with Gasteiger partial charge in [-0.3, -0.25) is 4.79 Å². The first-order chi connectivity index (χ1) is 13.6. The Morgan fingerprint density at radius 3 is 2.50 bits per heavy atom. The van der Waals surface area contributed by atoms with Crippen LogP contribution in [0, 0.1) is 41.4 Å². The zero-order valence-electron chi connectivity index (χ0n) is 15.9. The van der Waals surface area contributed by atoms with Gasteiger partial charge in [-0.25, -0.2) is 0 Å². The summed E-state index contributed by atoms with van der Waals surface area (Å²) in [4.78, 5) is 12.6. The summed E-state index contributed by atoms with van der Waals surface area (Å²) < 4.78 is 6.04. The van der Waals surface area contributed by atoms with Gasteiger partial charge in [0.15, 0.2) is 0 Å². The molecule has 1 heterocycles. The maximum atomic E-state index is 11.9. The number of benzene rings is 1. The summed E-state index contributed by atoms with van der Waals surface area (Å²) in [6.07, 6.45) is 8.84. The number of hydrogen-bond donors (Lipinski definition) is 1. The maximum Gasteiger partial charge on any atom is 0.263 e. The van der Waals surface area contributed by atoms with Crippen LogP contribution in [0.4, 0.5) is 0 Å². The van der Waals surface area contributed by atoms with E-state index in [1.54, 1.807) is 7.11 Å². The average molecular weight is 410 g/mol. The van der Waals surface area contributed by atoms with Crippen LogP contribution in [-0.4, -0.2) is 17.3 Å². The number of hydrogen-bond acceptors (Lipinski definition) is 4. The zero-order chi connectivity index (χ0) is 19.3. The molecule has 4 saturated carbocycles. The summed E-state index contributed by atoms with van der Waals surface area (Å²) in [6.45, 7) is 0. The lowest BCUT2D eigenvalue weighted by Crippen LogP contribution is -2.44. The monoisotopic (exact) mass is 409 g/mol. The van der Waals surface area contributed by atoms with Gasteiger partial charge in [-0.15, -0.1) is 0 Å². The number of carbonyl (C=O) groups is 1. The second-order valence-electron chi connectivity index (χ2n) is 8.54. The van der Waals surface area contributed by atoms with Gasteiger partial charge in [0.25, 0.3) is 5.91 Å². The second kappa shape index (κ2) is 7.24. The second-order valence-corrected chi connectivity index (χ2v) is 10.3. The van der Waals surface area contributed by atoms with Gasteiger partial charge in [-0.2, -0.15) is 0 Å². The van der Waals surface area contributed by atoms with Crippen molar-refractivity contribution < 1.29 is 9.53 Å². The van der Waals surface area contributed by atoms with Gasteiger partial charge in [0.1, 0.15) is 10.1 Å². The first kappa shape index (κ1) is 18.3. The number of carbonyl (C=O) groups excluding carboxylic acids is 1. The molecule has 5 heteroatoms. The van der Waals surface area contributed by atoms with E-state index in [0.29, 0.717) is 15.1 Å². The quantitative estimate of drug-likeness (QED) is 0.440. The SMILES string of the molecule is COc1ccc(/C=C2\SC(=S)NC2=O)cc1C#CC1C2CC3CC(C2)CC1C3. The number of thiocarbonyl (C=S) groups is 1. The highest BCUT2D eigenvalue weighted by Crippen LogP contribution is 2.56. The van der Waals surface area contributed by atoms with Crippen LogP contribution in [0.3, 0.4) is 0 Å². The molecule has 0 unspecified atom stereocenters. The van der Waals surface area contributed by atoms with E-state index < -0.39 is 0 Å². The molecule has 1 aromatic carbocycles. The molecule has 0 spiro atoms. The Labute approximate surface area is 175 Å². The number of rotatable bonds is 2. The maximum absolute atomic E-state index is 11.9. The Balaban J connectivity index is 1.42. The normalized spacial score (nSPS) is 34.3. The fourth-order valence-corrected chi connectivity index (χ4v) is 6.85. The van der Waals surface area contributed by atoms with Crippen molar-refractivity contribution in [1.82, 2.24) is 5.32 Å². The molecule has 1 aromatic rings. The van der Waals surface area contributed by atoms with Crippen molar-refractivity contribution in [2.45, 2.75) is 32.1 Å². The third-order valence-corrected chi connectivity index (χ3v) is 7.93. The predicted octanol–water partition coefficient (Wildman–Crippen LogP) is 4.61. The van der Waals surface area contributed by atoms with Gasteiger partial charge in [0.05, 0.1) is 17.6 Å². The van der Waals surface area contributed by atoms with Gasteiger partial charge >= 0.3 is 0 Å². The van der Waals surface area contributed by atoms with Crippen molar-refractivity contribution in [2.24, 2.45) is 29.6 Å². The van der Waals surface area contributed by atoms with Gasteiger partial charge in [-0.05, 0) is 79.5 Å². The van der Waals surface area contributed by atoms with E-state index in [0.717, 1.165) is 40.5 Å². The van der Waals surface area contributed by atoms with Crippen molar-refractivity contribution in [3.8, 4) is 17.6 Å². The van der Waals surface area contributed by atoms with Crippen molar-refractivity contribution >= 4 is 40.3 Å². The van der Waals surface area contributed by atoms with Crippen molar-refractivity contribution in [3.63, 3.8) is 0 Å². The third kappa shape index (κ3) is 3.38. The van der Waals surface area contributed by atoms with Gasteiger partial charge in [0.2, 0.25) is 0 Å². The van der Waals surface area contributed by atoms with E-state index in [-0.39, 0.29) is 5.91 Å². The molecule has 144 valence electrons. The molecular formula is C23H23NO2S2. The molecule has 6 rings (SSSR count). The molecule has 1 N–H and O–H groups in total. The number of nitrogens with one attached hydrogen (secondary N) is 1. The van der Waals surface area contributed by atoms with Crippen LogP contribution in [0.5, 0.6) is 5.75 Å². The van der Waals surface area contributed by atoms with Crippen molar-refractivity contribution in [1.29, 1.82) is 0 Å². The Morgan fingerprint density at radius 2 is 1.89 bits per heavy atom. The average Bonchev–Trinajstić information content (AvgIpc) is 2.97. The largest absolute Gasteiger partial charge is 0.495 e. The van der Waals surface area contributed by atoms with E-state index in [9.17, 15) is 4.79 Å². The van der Waals surface area contributed by atoms with E-state index >= 15 is 0 Å². The molecule has 4 aliphatic carbocycles. The van der Waals surface area contributed by atoms with Gasteiger partial charge in [-0.1, -0.05) is 41.9 Å². The van der Waals surface area contributed by atoms with Crippen molar-refractivity contribution in [2.75, 3.05) is 7.11 Å². The topological polar surface area (TPSA) is 38.3 Å². The fraction of sp³-hybridized carbons (Fsp3) is 0.478. The molecular weight excluding hydrogens is 386 g/mol. The molecule has 0 radical (unpaired) electrons. The highest BCUT2D eigenvalue weighted by molar-refractivity contribution is 8.26. The van der Waals surface area contributed by atoms with Gasteiger partial charge in [0, 0.05) is 5.92 Å². The zero-order valence-corrected chi connectivity index (χ0v) is 17.5. The van der Waals surface area contributed by atoms with Crippen molar-refractivity contribution in [3.05, 3.63) is 34.2 Å². The lowest BCUT2D eigenvalue weighted by Gasteiger charge is -2.52. The molecule has 3 nitrogen and oxygen atoms in total. The lowest BCUT2D eigenvalue weighted by atomic mass is 9.52. The first-order valence-corrected chi connectivity index (χ1v) is 11.3. The van der Waals surface area contributed by atoms with E-state index in [1.165, 1.54) is 43.9 Å². The minimum absolute atomic E-state index is 0.132. The molecule has 5 aliphatic rings. The number of amides is 1. The van der Waals surface area contributed by atoms with Crippen LogP contribution >= 0.6 is 24.0 Å². The molecule has 4 bridgehead atoms. The summed E-state index contributed by atoms with van der Waals surface area (Å²) >= 11 is 6.37. The molecule has 28 heavy (non-hydrogen) atoms. The van der Waals surface area contributed by atoms with E-state index in [4.69, 9.17) is 17.0 Å². The predicted molar refractivity (Wildman–Crippen MR) is 117 cm³/mol. The minimum Gasteiger partial charge on any atom is -0.495 e. The van der Waals surface area contributed by atoms with Crippen LogP contribution in [-0.2, 0) is 4.79 Å².